The monoisotopic (exact) mass is 331 g/mol. The Kier molecular flexibility index (Phi) is 4.15. The number of aromatic nitrogens is 3. The van der Waals surface area contributed by atoms with E-state index in [1.54, 1.807) is 0 Å². The number of hydrogen-bond donors (Lipinski definition) is 0. The molecule has 0 radical (unpaired) electrons. The van der Waals surface area contributed by atoms with Crippen LogP contribution in [0, 0.1) is 13.8 Å². The molecule has 1 aliphatic rings. The van der Waals surface area contributed by atoms with E-state index >= 15 is 0 Å². The molecule has 3 aromatic rings. The normalized spacial score (nSPS) is 17.1. The second-order valence-electron chi connectivity index (χ2n) is 5.80. The Balaban J connectivity index is 0.00000144. The summed E-state index contributed by atoms with van der Waals surface area (Å²) < 4.78 is 4.47. The predicted octanol–water partition coefficient (Wildman–Crippen LogP) is 4.40. The van der Waals surface area contributed by atoms with Crippen LogP contribution in [-0.4, -0.2) is 14.3 Å². The molecule has 0 bridgehead atoms. The van der Waals surface area contributed by atoms with E-state index in [9.17, 15) is 0 Å². The van der Waals surface area contributed by atoms with Crippen LogP contribution in [-0.2, 0) is 12.8 Å². The predicted molar refractivity (Wildman–Crippen MR) is 93.1 cm³/mol. The van der Waals surface area contributed by atoms with Gasteiger partial charge in [-0.3, -0.25) is 4.98 Å². The van der Waals surface area contributed by atoms with Crippen molar-refractivity contribution in [3.63, 3.8) is 0 Å². The van der Waals surface area contributed by atoms with Gasteiger partial charge in [-0.2, -0.15) is 4.37 Å². The van der Waals surface area contributed by atoms with Crippen molar-refractivity contribution in [3.05, 3.63) is 52.6 Å². The topological polar surface area (TPSA) is 38.7 Å². The van der Waals surface area contributed by atoms with E-state index in [0.29, 0.717) is 5.92 Å². The van der Waals surface area contributed by atoms with Crippen molar-refractivity contribution in [2.45, 2.75) is 39.0 Å². The minimum absolute atomic E-state index is 0. The van der Waals surface area contributed by atoms with Crippen LogP contribution in [0.5, 0.6) is 0 Å². The zero-order chi connectivity index (χ0) is 14.4. The molecule has 0 fully saturated rings. The van der Waals surface area contributed by atoms with Crippen LogP contribution < -0.4 is 0 Å². The highest BCUT2D eigenvalue weighted by Crippen LogP contribution is 2.36. The Morgan fingerprint density at radius 2 is 2.09 bits per heavy atom. The van der Waals surface area contributed by atoms with Gasteiger partial charge in [-0.1, -0.05) is 6.07 Å². The Morgan fingerprint density at radius 3 is 2.86 bits per heavy atom. The molecule has 4 rings (SSSR count). The second-order valence-corrected chi connectivity index (χ2v) is 6.56. The molecule has 0 amide bonds. The van der Waals surface area contributed by atoms with Gasteiger partial charge >= 0.3 is 0 Å². The summed E-state index contributed by atoms with van der Waals surface area (Å²) in [4.78, 5) is 10.5. The first-order valence-corrected chi connectivity index (χ1v) is 8.16. The average molecular weight is 332 g/mol. The van der Waals surface area contributed by atoms with Gasteiger partial charge in [0.1, 0.15) is 4.83 Å². The van der Waals surface area contributed by atoms with Crippen molar-refractivity contribution < 1.29 is 0 Å². The highest BCUT2D eigenvalue weighted by Gasteiger charge is 2.25. The molecule has 1 unspecified atom stereocenters. The maximum absolute atomic E-state index is 4.86. The molecule has 3 nitrogen and oxygen atoms in total. The molecule has 0 spiro atoms. The van der Waals surface area contributed by atoms with E-state index < -0.39 is 0 Å². The minimum Gasteiger partial charge on any atom is -0.261 e. The molecule has 5 heteroatoms. The lowest BCUT2D eigenvalue weighted by Crippen LogP contribution is -2.16. The first kappa shape index (κ1) is 15.4. The van der Waals surface area contributed by atoms with Crippen molar-refractivity contribution in [2.24, 2.45) is 0 Å². The SMILES string of the molecule is Cc1nsc2nc3c(c(C)c12)CC(c1ccccn1)CC3.Cl. The van der Waals surface area contributed by atoms with Crippen molar-refractivity contribution in [1.29, 1.82) is 0 Å². The number of pyridine rings is 2. The summed E-state index contributed by atoms with van der Waals surface area (Å²) in [5, 5.41) is 1.26. The lowest BCUT2D eigenvalue weighted by Gasteiger charge is -2.25. The van der Waals surface area contributed by atoms with Crippen molar-refractivity contribution in [1.82, 2.24) is 14.3 Å². The molecule has 0 N–H and O–H groups in total. The molecule has 1 atom stereocenters. The lowest BCUT2D eigenvalue weighted by molar-refractivity contribution is 0.561. The van der Waals surface area contributed by atoms with Gasteiger partial charge in [0.2, 0.25) is 0 Å². The van der Waals surface area contributed by atoms with E-state index in [1.165, 1.54) is 39.4 Å². The third-order valence-electron chi connectivity index (χ3n) is 4.54. The first-order valence-electron chi connectivity index (χ1n) is 7.39. The highest BCUT2D eigenvalue weighted by atomic mass is 35.5. The van der Waals surface area contributed by atoms with Gasteiger partial charge in [0.25, 0.3) is 0 Å². The quantitative estimate of drug-likeness (QED) is 0.663. The molecule has 114 valence electrons. The smallest absolute Gasteiger partial charge is 0.144 e. The van der Waals surface area contributed by atoms with Crippen molar-refractivity contribution in [3.8, 4) is 0 Å². The summed E-state index contributed by atoms with van der Waals surface area (Å²) in [5.41, 5.74) is 6.40. The lowest BCUT2D eigenvalue weighted by atomic mass is 9.82. The fourth-order valence-corrected chi connectivity index (χ4v) is 4.29. The first-order chi connectivity index (χ1) is 10.2. The second kappa shape index (κ2) is 5.94. The van der Waals surface area contributed by atoms with E-state index in [4.69, 9.17) is 4.98 Å². The molecular formula is C17H18ClN3S. The van der Waals surface area contributed by atoms with Gasteiger partial charge in [-0.05, 0) is 67.9 Å². The summed E-state index contributed by atoms with van der Waals surface area (Å²) in [6, 6.07) is 6.21. The Morgan fingerprint density at radius 1 is 1.23 bits per heavy atom. The summed E-state index contributed by atoms with van der Waals surface area (Å²) in [5.74, 6) is 0.517. The van der Waals surface area contributed by atoms with Gasteiger partial charge < -0.3 is 0 Å². The van der Waals surface area contributed by atoms with E-state index in [-0.39, 0.29) is 12.4 Å². The Hall–Kier alpha value is -1.52. The summed E-state index contributed by atoms with van der Waals surface area (Å²) >= 11 is 1.52. The number of halogens is 1. The molecule has 0 saturated heterocycles. The zero-order valence-electron chi connectivity index (χ0n) is 12.7. The maximum Gasteiger partial charge on any atom is 0.144 e. The largest absolute Gasteiger partial charge is 0.261 e. The molecule has 0 saturated carbocycles. The maximum atomic E-state index is 4.86. The fraction of sp³-hybridized carbons (Fsp3) is 0.353. The van der Waals surface area contributed by atoms with Gasteiger partial charge in [0, 0.05) is 28.9 Å². The number of aryl methyl sites for hydroxylation is 3. The van der Waals surface area contributed by atoms with Crippen LogP contribution in [0.1, 0.15) is 40.5 Å². The standard InChI is InChI=1S/C17H17N3S.ClH/c1-10-13-9-12(14-5-3-4-8-18-14)6-7-15(13)19-17-16(10)11(2)20-21-17;/h3-5,8,12H,6-7,9H2,1-2H3;1H. The van der Waals surface area contributed by atoms with E-state index in [2.05, 4.69) is 35.3 Å². The number of fused-ring (bicyclic) bond motifs is 2. The van der Waals surface area contributed by atoms with Crippen LogP contribution >= 0.6 is 23.9 Å². The van der Waals surface area contributed by atoms with Gasteiger partial charge in [0.05, 0.1) is 5.69 Å². The average Bonchev–Trinajstić information content (AvgIpc) is 2.89. The zero-order valence-corrected chi connectivity index (χ0v) is 14.3. The minimum atomic E-state index is 0. The Labute approximate surface area is 140 Å². The third kappa shape index (κ3) is 2.40. The van der Waals surface area contributed by atoms with Crippen molar-refractivity contribution >= 4 is 34.2 Å². The summed E-state index contributed by atoms with van der Waals surface area (Å²) in [6.45, 7) is 4.31. The van der Waals surface area contributed by atoms with Crippen LogP contribution in [0.2, 0.25) is 0 Å². The number of hydrogen-bond acceptors (Lipinski definition) is 4. The fourth-order valence-electron chi connectivity index (χ4n) is 3.43. The van der Waals surface area contributed by atoms with Gasteiger partial charge in [-0.25, -0.2) is 4.98 Å². The number of rotatable bonds is 1. The molecule has 0 aliphatic heterocycles. The highest BCUT2D eigenvalue weighted by molar-refractivity contribution is 7.13. The molecule has 3 aromatic heterocycles. The van der Waals surface area contributed by atoms with Gasteiger partial charge in [-0.15, -0.1) is 12.4 Å². The number of nitrogens with zero attached hydrogens (tertiary/aromatic N) is 3. The van der Waals surface area contributed by atoms with Crippen LogP contribution in [0.3, 0.4) is 0 Å². The molecule has 1 aliphatic carbocycles. The van der Waals surface area contributed by atoms with Crippen LogP contribution in [0.15, 0.2) is 24.4 Å². The molecule has 22 heavy (non-hydrogen) atoms. The van der Waals surface area contributed by atoms with Crippen LogP contribution in [0.25, 0.3) is 10.2 Å². The van der Waals surface area contributed by atoms with E-state index in [0.717, 1.165) is 29.8 Å². The summed E-state index contributed by atoms with van der Waals surface area (Å²) in [6.07, 6.45) is 5.13. The molecule has 3 heterocycles. The van der Waals surface area contributed by atoms with Crippen LogP contribution in [0.4, 0.5) is 0 Å². The molecule has 0 aromatic carbocycles. The van der Waals surface area contributed by atoms with E-state index in [1.807, 2.05) is 12.3 Å². The summed E-state index contributed by atoms with van der Waals surface area (Å²) in [7, 11) is 0. The molecular weight excluding hydrogens is 314 g/mol. The van der Waals surface area contributed by atoms with Crippen molar-refractivity contribution in [2.75, 3.05) is 0 Å². The Bertz CT molecular complexity index is 814. The third-order valence-corrected chi connectivity index (χ3v) is 5.38. The van der Waals surface area contributed by atoms with Gasteiger partial charge in [0.15, 0.2) is 0 Å².